The standard InChI is InChI=1S/C10H16N4O3/c1-4-7-9(10(16)17)12-13-14(7)5-8(15)11-6(2)3/h6H,4-5H2,1-3H3,(H,11,15)(H,16,17). The average Bonchev–Trinajstić information content (AvgIpc) is 2.59. The minimum Gasteiger partial charge on any atom is -0.476 e. The summed E-state index contributed by atoms with van der Waals surface area (Å²) in [6.07, 6.45) is 0.462. The lowest BCUT2D eigenvalue weighted by Gasteiger charge is -2.09. The summed E-state index contributed by atoms with van der Waals surface area (Å²) < 4.78 is 1.32. The molecule has 0 spiro atoms. The molecule has 7 nitrogen and oxygen atoms in total. The van der Waals surface area contributed by atoms with Crippen LogP contribution >= 0.6 is 0 Å². The van der Waals surface area contributed by atoms with E-state index in [4.69, 9.17) is 5.11 Å². The van der Waals surface area contributed by atoms with E-state index in [1.807, 2.05) is 13.8 Å². The molecule has 1 aromatic rings. The first kappa shape index (κ1) is 13.1. The summed E-state index contributed by atoms with van der Waals surface area (Å²) in [5.74, 6) is -1.34. The molecule has 0 unspecified atom stereocenters. The Morgan fingerprint density at radius 1 is 1.47 bits per heavy atom. The number of nitrogens with zero attached hydrogens (tertiary/aromatic N) is 3. The third-order valence-corrected chi connectivity index (χ3v) is 2.12. The summed E-state index contributed by atoms with van der Waals surface area (Å²) in [7, 11) is 0. The molecule has 0 bridgehead atoms. The van der Waals surface area contributed by atoms with Crippen molar-refractivity contribution in [2.45, 2.75) is 39.8 Å². The minimum absolute atomic E-state index is 0.0123. The van der Waals surface area contributed by atoms with Gasteiger partial charge in [0, 0.05) is 6.04 Å². The van der Waals surface area contributed by atoms with Crippen molar-refractivity contribution in [3.05, 3.63) is 11.4 Å². The zero-order chi connectivity index (χ0) is 13.0. The van der Waals surface area contributed by atoms with Gasteiger partial charge in [0.05, 0.1) is 5.69 Å². The highest BCUT2D eigenvalue weighted by molar-refractivity contribution is 5.86. The van der Waals surface area contributed by atoms with Gasteiger partial charge in [-0.15, -0.1) is 5.10 Å². The fraction of sp³-hybridized carbons (Fsp3) is 0.600. The summed E-state index contributed by atoms with van der Waals surface area (Å²) in [5.41, 5.74) is 0.362. The van der Waals surface area contributed by atoms with Crippen LogP contribution in [0.25, 0.3) is 0 Å². The van der Waals surface area contributed by atoms with Crippen LogP contribution in [-0.2, 0) is 17.8 Å². The number of carboxylic acid groups (broad SMARTS) is 1. The molecule has 2 N–H and O–H groups in total. The second-order valence-corrected chi connectivity index (χ2v) is 3.92. The molecule has 0 saturated carbocycles. The maximum Gasteiger partial charge on any atom is 0.358 e. The Labute approximate surface area is 98.8 Å². The van der Waals surface area contributed by atoms with Crippen molar-refractivity contribution in [1.82, 2.24) is 20.3 Å². The maximum absolute atomic E-state index is 11.5. The summed E-state index contributed by atoms with van der Waals surface area (Å²) in [5, 5.41) is 18.8. The number of aromatic carboxylic acids is 1. The van der Waals surface area contributed by atoms with E-state index < -0.39 is 5.97 Å². The molecule has 0 saturated heterocycles. The second kappa shape index (κ2) is 5.42. The normalized spacial score (nSPS) is 10.6. The van der Waals surface area contributed by atoms with E-state index in [2.05, 4.69) is 15.6 Å². The molecule has 0 aliphatic heterocycles. The van der Waals surface area contributed by atoms with Crippen LogP contribution in [0.1, 0.15) is 37.0 Å². The van der Waals surface area contributed by atoms with Crippen molar-refractivity contribution in [3.63, 3.8) is 0 Å². The smallest absolute Gasteiger partial charge is 0.358 e. The van der Waals surface area contributed by atoms with E-state index in [-0.39, 0.29) is 24.2 Å². The molecular formula is C10H16N4O3. The van der Waals surface area contributed by atoms with E-state index in [1.54, 1.807) is 6.92 Å². The Balaban J connectivity index is 2.85. The van der Waals surface area contributed by atoms with Gasteiger partial charge in [0.1, 0.15) is 6.54 Å². The number of hydrogen-bond acceptors (Lipinski definition) is 4. The summed E-state index contributed by atoms with van der Waals surface area (Å²) >= 11 is 0. The molecule has 94 valence electrons. The van der Waals surface area contributed by atoms with E-state index in [0.29, 0.717) is 12.1 Å². The quantitative estimate of drug-likeness (QED) is 0.758. The van der Waals surface area contributed by atoms with Gasteiger partial charge in [0.2, 0.25) is 5.91 Å². The van der Waals surface area contributed by atoms with Crippen LogP contribution in [0.3, 0.4) is 0 Å². The van der Waals surface area contributed by atoms with Crippen LogP contribution in [0.4, 0.5) is 0 Å². The zero-order valence-corrected chi connectivity index (χ0v) is 10.1. The molecule has 0 aromatic carbocycles. The molecule has 0 fully saturated rings. The third kappa shape index (κ3) is 3.27. The molecule has 0 aliphatic carbocycles. The third-order valence-electron chi connectivity index (χ3n) is 2.12. The van der Waals surface area contributed by atoms with Gasteiger partial charge in [-0.2, -0.15) is 0 Å². The minimum atomic E-state index is -1.13. The number of carboxylic acids is 1. The van der Waals surface area contributed by atoms with Crippen molar-refractivity contribution in [2.75, 3.05) is 0 Å². The number of aromatic nitrogens is 3. The SMILES string of the molecule is CCc1c(C(=O)O)nnn1CC(=O)NC(C)C. The maximum atomic E-state index is 11.5. The zero-order valence-electron chi connectivity index (χ0n) is 10.1. The predicted octanol–water partition coefficient (Wildman–Crippen LogP) is 0.0633. The molecule has 1 amide bonds. The number of carbonyl (C=O) groups excluding carboxylic acids is 1. The first-order chi connectivity index (χ1) is 7.95. The van der Waals surface area contributed by atoms with Gasteiger partial charge < -0.3 is 10.4 Å². The number of hydrogen-bond donors (Lipinski definition) is 2. The molecule has 1 rings (SSSR count). The van der Waals surface area contributed by atoms with Crippen molar-refractivity contribution < 1.29 is 14.7 Å². The molecule has 0 radical (unpaired) electrons. The van der Waals surface area contributed by atoms with E-state index >= 15 is 0 Å². The lowest BCUT2D eigenvalue weighted by molar-refractivity contribution is -0.122. The first-order valence-electron chi connectivity index (χ1n) is 5.40. The molecule has 1 aromatic heterocycles. The highest BCUT2D eigenvalue weighted by Crippen LogP contribution is 2.06. The monoisotopic (exact) mass is 240 g/mol. The van der Waals surface area contributed by atoms with E-state index in [0.717, 1.165) is 0 Å². The Morgan fingerprint density at radius 2 is 2.12 bits per heavy atom. The van der Waals surface area contributed by atoms with Gasteiger partial charge in [-0.05, 0) is 20.3 Å². The van der Waals surface area contributed by atoms with Gasteiger partial charge >= 0.3 is 5.97 Å². The van der Waals surface area contributed by atoms with Crippen LogP contribution in [0.15, 0.2) is 0 Å². The molecule has 17 heavy (non-hydrogen) atoms. The first-order valence-corrected chi connectivity index (χ1v) is 5.40. The van der Waals surface area contributed by atoms with Crippen LogP contribution in [-0.4, -0.2) is 38.0 Å². The van der Waals surface area contributed by atoms with Crippen molar-refractivity contribution in [1.29, 1.82) is 0 Å². The topological polar surface area (TPSA) is 97.1 Å². The molecule has 0 atom stereocenters. The van der Waals surface area contributed by atoms with Gasteiger partial charge in [-0.1, -0.05) is 12.1 Å². The molecule has 0 aliphatic rings. The highest BCUT2D eigenvalue weighted by Gasteiger charge is 2.18. The predicted molar refractivity (Wildman–Crippen MR) is 59.6 cm³/mol. The van der Waals surface area contributed by atoms with Crippen LogP contribution in [0, 0.1) is 0 Å². The Kier molecular flexibility index (Phi) is 4.19. The highest BCUT2D eigenvalue weighted by atomic mass is 16.4. The molecular weight excluding hydrogens is 224 g/mol. The number of nitrogens with one attached hydrogen (secondary N) is 1. The summed E-state index contributed by atoms with van der Waals surface area (Å²) in [6.45, 7) is 5.48. The summed E-state index contributed by atoms with van der Waals surface area (Å²) in [6, 6.07) is 0.0371. The van der Waals surface area contributed by atoms with Crippen molar-refractivity contribution in [2.24, 2.45) is 0 Å². The van der Waals surface area contributed by atoms with Crippen LogP contribution < -0.4 is 5.32 Å². The number of carbonyl (C=O) groups is 2. The average molecular weight is 240 g/mol. The second-order valence-electron chi connectivity index (χ2n) is 3.92. The van der Waals surface area contributed by atoms with E-state index in [1.165, 1.54) is 4.68 Å². The van der Waals surface area contributed by atoms with Gasteiger partial charge in [0.25, 0.3) is 0 Å². The lowest BCUT2D eigenvalue weighted by atomic mass is 10.2. The molecule has 1 heterocycles. The van der Waals surface area contributed by atoms with Crippen LogP contribution in [0.5, 0.6) is 0 Å². The van der Waals surface area contributed by atoms with E-state index in [9.17, 15) is 9.59 Å². The van der Waals surface area contributed by atoms with Crippen molar-refractivity contribution in [3.8, 4) is 0 Å². The molecule has 7 heteroatoms. The fourth-order valence-electron chi connectivity index (χ4n) is 1.48. The Hall–Kier alpha value is -1.92. The van der Waals surface area contributed by atoms with Gasteiger partial charge in [-0.3, -0.25) is 4.79 Å². The Bertz CT molecular complexity index is 425. The van der Waals surface area contributed by atoms with Crippen molar-refractivity contribution >= 4 is 11.9 Å². The Morgan fingerprint density at radius 3 is 2.59 bits per heavy atom. The number of amides is 1. The van der Waals surface area contributed by atoms with Gasteiger partial charge in [-0.25, -0.2) is 9.48 Å². The number of rotatable bonds is 5. The fourth-order valence-corrected chi connectivity index (χ4v) is 1.48. The van der Waals surface area contributed by atoms with Crippen LogP contribution in [0.2, 0.25) is 0 Å². The largest absolute Gasteiger partial charge is 0.476 e. The van der Waals surface area contributed by atoms with Gasteiger partial charge in [0.15, 0.2) is 5.69 Å². The lowest BCUT2D eigenvalue weighted by Crippen LogP contribution is -2.33. The summed E-state index contributed by atoms with van der Waals surface area (Å²) in [4.78, 5) is 22.4.